The average Bonchev–Trinajstić information content (AvgIpc) is 2.76. The van der Waals surface area contributed by atoms with E-state index >= 15 is 0 Å². The molecule has 0 aliphatic rings. The molecule has 0 radical (unpaired) electrons. The second-order valence-corrected chi connectivity index (χ2v) is 2.36. The van der Waals surface area contributed by atoms with Crippen molar-refractivity contribution >= 4 is 9.47 Å². The van der Waals surface area contributed by atoms with Gasteiger partial charge in [0.2, 0.25) is 0 Å². The Bertz CT molecular complexity index is 309. The Balaban J connectivity index is 2.29. The van der Waals surface area contributed by atoms with Crippen molar-refractivity contribution in [1.82, 2.24) is 41.2 Å². The molecule has 0 aliphatic carbocycles. The third-order valence-corrected chi connectivity index (χ3v) is 1.63. The third kappa shape index (κ3) is 1.51. The monoisotopic (exact) mass is 200 g/mol. The molecular formula is C3H5N8OP. The lowest BCUT2D eigenvalue weighted by Gasteiger charge is -2.05. The Morgan fingerprint density at radius 1 is 1.08 bits per heavy atom. The van der Waals surface area contributed by atoms with Crippen LogP contribution in [0, 0.1) is 0 Å². The lowest BCUT2D eigenvalue weighted by Crippen LogP contribution is -2.05. The topological polar surface area (TPSA) is 118 Å². The van der Waals surface area contributed by atoms with Crippen molar-refractivity contribution in [3.8, 4) is 0 Å². The molecule has 9 nitrogen and oxygen atoms in total. The van der Waals surface area contributed by atoms with Crippen molar-refractivity contribution in [1.29, 1.82) is 0 Å². The molecule has 1 unspecified atom stereocenters. The van der Waals surface area contributed by atoms with Gasteiger partial charge in [0.25, 0.3) is 0 Å². The van der Waals surface area contributed by atoms with Crippen molar-refractivity contribution < 1.29 is 4.52 Å². The van der Waals surface area contributed by atoms with Gasteiger partial charge in [-0.1, -0.05) is 0 Å². The lowest BCUT2D eigenvalue weighted by atomic mass is 10.3. The minimum Gasteiger partial charge on any atom is -0.346 e. The maximum Gasteiger partial charge on any atom is 0.186 e. The molecule has 0 saturated carbocycles. The Morgan fingerprint density at radius 2 is 1.62 bits per heavy atom. The lowest BCUT2D eigenvalue weighted by molar-refractivity contribution is 0.268. The van der Waals surface area contributed by atoms with Crippen molar-refractivity contribution in [2.75, 3.05) is 0 Å². The molecule has 2 N–H and O–H groups in total. The fraction of sp³-hybridized carbons (Fsp3) is 0.333. The van der Waals surface area contributed by atoms with Crippen molar-refractivity contribution in [3.05, 3.63) is 11.6 Å². The van der Waals surface area contributed by atoms with Gasteiger partial charge in [0.1, 0.15) is 0 Å². The summed E-state index contributed by atoms with van der Waals surface area (Å²) in [5, 5.41) is 26.1. The van der Waals surface area contributed by atoms with Gasteiger partial charge in [-0.25, -0.2) is 10.2 Å². The van der Waals surface area contributed by atoms with Crippen LogP contribution in [0.1, 0.15) is 17.8 Å². The van der Waals surface area contributed by atoms with Gasteiger partial charge < -0.3 is 4.52 Å². The molecular weight excluding hydrogens is 195 g/mol. The molecule has 1 atom stereocenters. The Morgan fingerprint density at radius 3 is 1.92 bits per heavy atom. The van der Waals surface area contributed by atoms with E-state index in [0.29, 0.717) is 11.6 Å². The maximum atomic E-state index is 5.01. The molecule has 68 valence electrons. The molecule has 0 amide bonds. The van der Waals surface area contributed by atoms with E-state index < -0.39 is 6.10 Å². The first-order chi connectivity index (χ1) is 6.42. The first-order valence-corrected chi connectivity index (χ1v) is 3.71. The van der Waals surface area contributed by atoms with Gasteiger partial charge in [-0.05, 0) is 20.9 Å². The van der Waals surface area contributed by atoms with Crippen LogP contribution in [0.5, 0.6) is 0 Å². The molecule has 10 heteroatoms. The molecule has 0 aliphatic heterocycles. The highest BCUT2D eigenvalue weighted by Crippen LogP contribution is 2.19. The Hall–Kier alpha value is -1.47. The van der Waals surface area contributed by atoms with Gasteiger partial charge >= 0.3 is 0 Å². The summed E-state index contributed by atoms with van der Waals surface area (Å²) in [6.07, 6.45) is -0.532. The quantitative estimate of drug-likeness (QED) is 0.585. The number of hydrogen-bond acceptors (Lipinski definition) is 7. The zero-order valence-corrected chi connectivity index (χ0v) is 7.40. The van der Waals surface area contributed by atoms with Crippen LogP contribution in [-0.4, -0.2) is 41.2 Å². The van der Waals surface area contributed by atoms with E-state index in [0.717, 1.165) is 0 Å². The van der Waals surface area contributed by atoms with Gasteiger partial charge in [-0.2, -0.15) is 0 Å². The van der Waals surface area contributed by atoms with Crippen LogP contribution in [-0.2, 0) is 4.52 Å². The van der Waals surface area contributed by atoms with Crippen molar-refractivity contribution in [3.63, 3.8) is 0 Å². The summed E-state index contributed by atoms with van der Waals surface area (Å²) in [4.78, 5) is 0. The zero-order chi connectivity index (χ0) is 9.10. The van der Waals surface area contributed by atoms with E-state index in [1.807, 2.05) is 0 Å². The summed E-state index contributed by atoms with van der Waals surface area (Å²) in [7, 11) is 2.10. The molecule has 2 rings (SSSR count). The van der Waals surface area contributed by atoms with Gasteiger partial charge in [0.05, 0.1) is 0 Å². The summed E-state index contributed by atoms with van der Waals surface area (Å²) in [5.41, 5.74) is 0. The molecule has 0 aromatic carbocycles. The number of rotatable bonds is 3. The number of H-pyrrole nitrogens is 2. The standard InChI is InChI=1S/C3H5N8OP/c13-12-1(2-4-8-9-5-2)3-6-10-11-7-3/h1H,13H2,(H,4,5,8,9)(H,6,7,10,11). The predicted octanol–water partition coefficient (Wildman–Crippen LogP) is -1.39. The highest BCUT2D eigenvalue weighted by atomic mass is 31.0. The van der Waals surface area contributed by atoms with Crippen LogP contribution in [0.25, 0.3) is 0 Å². The van der Waals surface area contributed by atoms with Crippen LogP contribution in [0.4, 0.5) is 0 Å². The summed E-state index contributed by atoms with van der Waals surface area (Å²) >= 11 is 0. The van der Waals surface area contributed by atoms with E-state index in [1.165, 1.54) is 0 Å². The Labute approximate surface area is 73.9 Å². The van der Waals surface area contributed by atoms with Gasteiger partial charge in [-0.15, -0.1) is 10.2 Å². The van der Waals surface area contributed by atoms with Crippen LogP contribution in [0.3, 0.4) is 0 Å². The summed E-state index contributed by atoms with van der Waals surface area (Å²) in [6.45, 7) is 0. The minimum atomic E-state index is -0.532. The van der Waals surface area contributed by atoms with Gasteiger partial charge in [0.15, 0.2) is 17.8 Å². The van der Waals surface area contributed by atoms with Crippen LogP contribution in [0.2, 0.25) is 0 Å². The normalized spacial score (nSPS) is 10.9. The van der Waals surface area contributed by atoms with E-state index in [9.17, 15) is 0 Å². The van der Waals surface area contributed by atoms with Crippen LogP contribution in [0.15, 0.2) is 0 Å². The highest BCUT2D eigenvalue weighted by molar-refractivity contribution is 7.09. The van der Waals surface area contributed by atoms with Gasteiger partial charge in [-0.3, -0.25) is 0 Å². The minimum absolute atomic E-state index is 0.425. The first kappa shape index (κ1) is 8.14. The van der Waals surface area contributed by atoms with E-state index in [1.54, 1.807) is 0 Å². The van der Waals surface area contributed by atoms with Crippen LogP contribution < -0.4 is 0 Å². The first-order valence-electron chi connectivity index (χ1n) is 3.24. The zero-order valence-electron chi connectivity index (χ0n) is 6.25. The molecule has 0 spiro atoms. The second-order valence-electron chi connectivity index (χ2n) is 2.09. The maximum absolute atomic E-state index is 5.01. The fourth-order valence-corrected chi connectivity index (χ4v) is 1.07. The molecule has 0 fully saturated rings. The number of nitrogens with one attached hydrogen (secondary N) is 2. The van der Waals surface area contributed by atoms with E-state index in [2.05, 4.69) is 50.7 Å². The highest BCUT2D eigenvalue weighted by Gasteiger charge is 2.20. The smallest absolute Gasteiger partial charge is 0.186 e. The van der Waals surface area contributed by atoms with E-state index in [4.69, 9.17) is 4.52 Å². The predicted molar refractivity (Wildman–Crippen MR) is 41.0 cm³/mol. The van der Waals surface area contributed by atoms with Crippen LogP contribution >= 0.6 is 9.47 Å². The number of nitrogens with zero attached hydrogens (tertiary/aromatic N) is 6. The number of hydrogen-bond donors (Lipinski definition) is 2. The summed E-state index contributed by atoms with van der Waals surface area (Å²) < 4.78 is 5.01. The molecule has 2 aromatic rings. The molecule has 0 saturated heterocycles. The largest absolute Gasteiger partial charge is 0.346 e. The third-order valence-electron chi connectivity index (χ3n) is 1.36. The average molecular weight is 200 g/mol. The van der Waals surface area contributed by atoms with E-state index in [-0.39, 0.29) is 0 Å². The second kappa shape index (κ2) is 3.50. The molecule has 0 bridgehead atoms. The van der Waals surface area contributed by atoms with Crippen molar-refractivity contribution in [2.45, 2.75) is 6.10 Å². The Kier molecular flexibility index (Phi) is 2.19. The van der Waals surface area contributed by atoms with Gasteiger partial charge in [0, 0.05) is 9.47 Å². The number of aromatic amines is 2. The number of aromatic nitrogens is 8. The fourth-order valence-electron chi connectivity index (χ4n) is 0.814. The van der Waals surface area contributed by atoms with Crippen molar-refractivity contribution in [2.24, 2.45) is 0 Å². The number of tetrazole rings is 2. The molecule has 2 aromatic heterocycles. The molecule has 2 heterocycles. The SMILES string of the molecule is POC(c1nnn[nH]1)c1nnn[nH]1. The summed E-state index contributed by atoms with van der Waals surface area (Å²) in [6, 6.07) is 0. The molecule has 13 heavy (non-hydrogen) atoms. The summed E-state index contributed by atoms with van der Waals surface area (Å²) in [5.74, 6) is 0.849.